The van der Waals surface area contributed by atoms with Gasteiger partial charge in [-0.2, -0.15) is 0 Å². The summed E-state index contributed by atoms with van der Waals surface area (Å²) in [4.78, 5) is 0. The highest BCUT2D eigenvalue weighted by atomic mass is 28.4. The lowest BCUT2D eigenvalue weighted by atomic mass is 10.8. The number of ether oxygens (including phenoxy) is 1. The van der Waals surface area contributed by atoms with E-state index in [1.54, 1.807) is 21.3 Å². The smallest absolute Gasteiger partial charge is 0.375 e. The second-order valence-corrected chi connectivity index (χ2v) is 5.56. The summed E-state index contributed by atoms with van der Waals surface area (Å²) in [6.45, 7) is 4.45. The molecule has 0 amide bonds. The van der Waals surface area contributed by atoms with E-state index in [0.29, 0.717) is 6.61 Å². The van der Waals surface area contributed by atoms with Gasteiger partial charge in [-0.1, -0.05) is 0 Å². The van der Waals surface area contributed by atoms with E-state index < -0.39 is 8.80 Å². The Morgan fingerprint density at radius 3 is 1.75 bits per heavy atom. The number of hydrogen-bond donors (Lipinski definition) is 0. The first kappa shape index (κ1) is 12.1. The molecule has 0 saturated carbocycles. The maximum absolute atomic E-state index is 5.37. The lowest BCUT2D eigenvalue weighted by Crippen LogP contribution is -2.54. The maximum Gasteiger partial charge on any atom is 0.530 e. The Hall–Kier alpha value is 0.0569. The summed E-state index contributed by atoms with van der Waals surface area (Å²) in [5, 5.41) is 0. The normalized spacial score (nSPS) is 14.8. The Morgan fingerprint density at radius 2 is 1.50 bits per heavy atom. The van der Waals surface area contributed by atoms with Crippen molar-refractivity contribution in [1.29, 1.82) is 0 Å². The molecule has 1 unspecified atom stereocenters. The molecule has 0 radical (unpaired) electrons. The molecular weight excluding hydrogens is 176 g/mol. The van der Waals surface area contributed by atoms with E-state index >= 15 is 0 Å². The summed E-state index contributed by atoms with van der Waals surface area (Å²) < 4.78 is 21.0. The second kappa shape index (κ2) is 5.66. The predicted molar refractivity (Wildman–Crippen MR) is 47.9 cm³/mol. The van der Waals surface area contributed by atoms with Gasteiger partial charge in [-0.3, -0.25) is 0 Å². The zero-order chi connectivity index (χ0) is 9.61. The van der Waals surface area contributed by atoms with Crippen molar-refractivity contribution in [3.63, 3.8) is 0 Å². The Bertz CT molecular complexity index is 108. The molecule has 0 aliphatic rings. The van der Waals surface area contributed by atoms with Gasteiger partial charge in [-0.25, -0.2) is 0 Å². The van der Waals surface area contributed by atoms with Crippen LogP contribution in [0.15, 0.2) is 0 Å². The molecule has 4 nitrogen and oxygen atoms in total. The van der Waals surface area contributed by atoms with Gasteiger partial charge < -0.3 is 18.0 Å². The van der Waals surface area contributed by atoms with Gasteiger partial charge in [-0.15, -0.1) is 0 Å². The molecule has 0 fully saturated rings. The van der Waals surface area contributed by atoms with Crippen LogP contribution in [0.3, 0.4) is 0 Å². The van der Waals surface area contributed by atoms with Gasteiger partial charge in [0.05, 0.1) is 0 Å². The molecule has 0 rings (SSSR count). The molecule has 1 atom stereocenters. The minimum atomic E-state index is -2.56. The van der Waals surface area contributed by atoms with Crippen LogP contribution in [-0.2, 0) is 18.0 Å². The molecule has 0 aromatic rings. The van der Waals surface area contributed by atoms with E-state index in [-0.39, 0.29) is 5.73 Å². The molecular formula is C7H18O4Si. The summed E-state index contributed by atoms with van der Waals surface area (Å²) in [7, 11) is 2.17. The SMILES string of the molecule is CCOC(C)[Si](OC)(OC)OC. The molecule has 0 bridgehead atoms. The first-order valence-electron chi connectivity index (χ1n) is 3.93. The van der Waals surface area contributed by atoms with Crippen LogP contribution >= 0.6 is 0 Å². The van der Waals surface area contributed by atoms with Crippen molar-refractivity contribution in [3.05, 3.63) is 0 Å². The van der Waals surface area contributed by atoms with Crippen LogP contribution in [0.2, 0.25) is 0 Å². The predicted octanol–water partition coefficient (Wildman–Crippen LogP) is 0.829. The van der Waals surface area contributed by atoms with E-state index in [0.717, 1.165) is 0 Å². The standard InChI is InChI=1S/C7H18O4Si/c1-6-11-7(2)12(8-3,9-4)10-5/h7H,6H2,1-5H3. The van der Waals surface area contributed by atoms with Gasteiger partial charge in [0, 0.05) is 27.9 Å². The Labute approximate surface area is 75.1 Å². The fourth-order valence-corrected chi connectivity index (χ4v) is 2.97. The lowest BCUT2D eigenvalue weighted by Gasteiger charge is -2.29. The Morgan fingerprint density at radius 1 is 1.08 bits per heavy atom. The summed E-state index contributed by atoms with van der Waals surface area (Å²) in [5.41, 5.74) is -0.123. The first-order valence-corrected chi connectivity index (χ1v) is 5.74. The molecule has 0 aromatic heterocycles. The third kappa shape index (κ3) is 2.53. The molecule has 0 heterocycles. The molecule has 0 aliphatic heterocycles. The average molecular weight is 194 g/mol. The van der Waals surface area contributed by atoms with E-state index in [4.69, 9.17) is 18.0 Å². The first-order chi connectivity index (χ1) is 5.66. The zero-order valence-corrected chi connectivity index (χ0v) is 9.42. The molecule has 0 spiro atoms. The fraction of sp³-hybridized carbons (Fsp3) is 1.00. The van der Waals surface area contributed by atoms with Crippen LogP contribution in [-0.4, -0.2) is 42.5 Å². The molecule has 0 saturated heterocycles. The van der Waals surface area contributed by atoms with Crippen molar-refractivity contribution in [2.45, 2.75) is 19.6 Å². The summed E-state index contributed by atoms with van der Waals surface area (Å²) in [5.74, 6) is 0. The molecule has 5 heteroatoms. The topological polar surface area (TPSA) is 36.9 Å². The van der Waals surface area contributed by atoms with E-state index in [2.05, 4.69) is 0 Å². The van der Waals surface area contributed by atoms with Crippen molar-refractivity contribution in [3.8, 4) is 0 Å². The zero-order valence-electron chi connectivity index (χ0n) is 8.42. The maximum atomic E-state index is 5.37. The minimum absolute atomic E-state index is 0.123. The Balaban J connectivity index is 4.24. The average Bonchev–Trinajstić information content (AvgIpc) is 2.09. The summed E-state index contributed by atoms with van der Waals surface area (Å²) >= 11 is 0. The van der Waals surface area contributed by atoms with Crippen molar-refractivity contribution < 1.29 is 18.0 Å². The Kier molecular flexibility index (Phi) is 5.69. The van der Waals surface area contributed by atoms with Crippen LogP contribution in [0.1, 0.15) is 13.8 Å². The highest BCUT2D eigenvalue weighted by molar-refractivity contribution is 6.61. The van der Waals surface area contributed by atoms with Crippen LogP contribution in [0.4, 0.5) is 0 Å². The van der Waals surface area contributed by atoms with Gasteiger partial charge in [-0.05, 0) is 13.8 Å². The van der Waals surface area contributed by atoms with Crippen molar-refractivity contribution in [1.82, 2.24) is 0 Å². The van der Waals surface area contributed by atoms with Crippen LogP contribution in [0.5, 0.6) is 0 Å². The number of rotatable bonds is 6. The molecule has 74 valence electrons. The van der Waals surface area contributed by atoms with Crippen molar-refractivity contribution >= 4 is 8.80 Å². The van der Waals surface area contributed by atoms with Crippen molar-refractivity contribution in [2.75, 3.05) is 27.9 Å². The lowest BCUT2D eigenvalue weighted by molar-refractivity contribution is 0.0260. The number of hydrogen-bond acceptors (Lipinski definition) is 4. The highest BCUT2D eigenvalue weighted by Gasteiger charge is 2.45. The van der Waals surface area contributed by atoms with Gasteiger partial charge in [0.2, 0.25) is 0 Å². The van der Waals surface area contributed by atoms with Crippen molar-refractivity contribution in [2.24, 2.45) is 0 Å². The molecule has 12 heavy (non-hydrogen) atoms. The van der Waals surface area contributed by atoms with Crippen LogP contribution in [0, 0.1) is 0 Å². The van der Waals surface area contributed by atoms with E-state index in [9.17, 15) is 0 Å². The third-order valence-electron chi connectivity index (χ3n) is 1.77. The van der Waals surface area contributed by atoms with Gasteiger partial charge in [0.1, 0.15) is 5.73 Å². The van der Waals surface area contributed by atoms with Crippen LogP contribution in [0.25, 0.3) is 0 Å². The highest BCUT2D eigenvalue weighted by Crippen LogP contribution is 2.14. The molecule has 0 aliphatic carbocycles. The van der Waals surface area contributed by atoms with E-state index in [1.165, 1.54) is 0 Å². The minimum Gasteiger partial charge on any atom is -0.375 e. The van der Waals surface area contributed by atoms with Gasteiger partial charge in [0.15, 0.2) is 0 Å². The fourth-order valence-electron chi connectivity index (χ4n) is 1.10. The second-order valence-electron chi connectivity index (χ2n) is 2.31. The van der Waals surface area contributed by atoms with E-state index in [1.807, 2.05) is 13.8 Å². The van der Waals surface area contributed by atoms with Gasteiger partial charge >= 0.3 is 8.80 Å². The molecule has 0 aromatic carbocycles. The quantitative estimate of drug-likeness (QED) is 0.587. The summed E-state index contributed by atoms with van der Waals surface area (Å²) in [6.07, 6.45) is 0. The third-order valence-corrected chi connectivity index (χ3v) is 4.64. The van der Waals surface area contributed by atoms with Crippen LogP contribution < -0.4 is 0 Å². The molecule has 0 N–H and O–H groups in total. The summed E-state index contributed by atoms with van der Waals surface area (Å²) in [6, 6.07) is 0. The van der Waals surface area contributed by atoms with Gasteiger partial charge in [0.25, 0.3) is 0 Å². The largest absolute Gasteiger partial charge is 0.530 e. The monoisotopic (exact) mass is 194 g/mol.